The van der Waals surface area contributed by atoms with Gasteiger partial charge in [-0.15, -0.1) is 0 Å². The number of nitrogens with zero attached hydrogens (tertiary/aromatic N) is 1. The summed E-state index contributed by atoms with van der Waals surface area (Å²) in [5.41, 5.74) is 1.01. The molecule has 1 aliphatic rings. The van der Waals surface area contributed by atoms with Crippen molar-refractivity contribution >= 4 is 11.7 Å². The summed E-state index contributed by atoms with van der Waals surface area (Å²) in [4.78, 5) is 14.1. The lowest BCUT2D eigenvalue weighted by Crippen LogP contribution is -2.51. The van der Waals surface area contributed by atoms with Crippen molar-refractivity contribution < 1.29 is 14.6 Å². The van der Waals surface area contributed by atoms with E-state index in [0.717, 1.165) is 11.3 Å². The summed E-state index contributed by atoms with van der Waals surface area (Å²) < 4.78 is 5.16. The highest BCUT2D eigenvalue weighted by Crippen LogP contribution is 2.38. The molecule has 2 rings (SSSR count). The maximum atomic E-state index is 12.3. The Bertz CT molecular complexity index is 544. The van der Waals surface area contributed by atoms with Crippen molar-refractivity contribution in [1.82, 2.24) is 0 Å². The molecule has 1 aromatic carbocycles. The van der Waals surface area contributed by atoms with E-state index in [1.54, 1.807) is 6.92 Å². The van der Waals surface area contributed by atoms with Gasteiger partial charge in [0.25, 0.3) is 0 Å². The Labute approximate surface area is 113 Å². The molecule has 0 aromatic heterocycles. The van der Waals surface area contributed by atoms with Crippen molar-refractivity contribution in [3.05, 3.63) is 29.8 Å². The number of rotatable bonds is 2. The highest BCUT2D eigenvalue weighted by atomic mass is 16.5. The minimum absolute atomic E-state index is 0.272. The van der Waals surface area contributed by atoms with Crippen molar-refractivity contribution in [3.63, 3.8) is 0 Å². The van der Waals surface area contributed by atoms with Crippen molar-refractivity contribution in [2.75, 3.05) is 25.2 Å². The summed E-state index contributed by atoms with van der Waals surface area (Å²) in [5.74, 6) is 5.11. The number of ether oxygens (including phenoxy) is 1. The molecule has 0 amide bonds. The quantitative estimate of drug-likeness (QED) is 0.635. The molecule has 0 saturated heterocycles. The number of esters is 1. The fraction of sp³-hybridized carbons (Fsp3) is 0.400. The SMILES string of the molecule is CCOC(=O)C1(C#CCO)Cc2ccccc2N1C. The zero-order valence-electron chi connectivity index (χ0n) is 11.1. The standard InChI is InChI=1S/C15H17NO3/c1-3-19-14(18)15(9-6-10-17)11-12-7-4-5-8-13(12)16(15)2/h4-5,7-8,17H,3,10-11H2,1-2H3. The topological polar surface area (TPSA) is 49.8 Å². The van der Waals surface area contributed by atoms with E-state index in [1.807, 2.05) is 36.2 Å². The maximum Gasteiger partial charge on any atom is 0.345 e. The molecule has 1 heterocycles. The van der Waals surface area contributed by atoms with E-state index >= 15 is 0 Å². The van der Waals surface area contributed by atoms with Crippen LogP contribution in [-0.2, 0) is 16.0 Å². The summed E-state index contributed by atoms with van der Waals surface area (Å²) in [6.07, 6.45) is 0.478. The Morgan fingerprint density at radius 1 is 1.53 bits per heavy atom. The van der Waals surface area contributed by atoms with Crippen LogP contribution in [0.15, 0.2) is 24.3 Å². The smallest absolute Gasteiger partial charge is 0.345 e. The van der Waals surface area contributed by atoms with Gasteiger partial charge in [0.05, 0.1) is 6.61 Å². The van der Waals surface area contributed by atoms with Crippen molar-refractivity contribution in [3.8, 4) is 11.8 Å². The molecule has 1 aromatic rings. The van der Waals surface area contributed by atoms with Gasteiger partial charge >= 0.3 is 5.97 Å². The predicted molar refractivity (Wildman–Crippen MR) is 72.8 cm³/mol. The number of fused-ring (bicyclic) bond motifs is 1. The first-order valence-electron chi connectivity index (χ1n) is 6.25. The average Bonchev–Trinajstić information content (AvgIpc) is 2.71. The largest absolute Gasteiger partial charge is 0.463 e. The van der Waals surface area contributed by atoms with E-state index in [0.29, 0.717) is 13.0 Å². The molecule has 1 N–H and O–H groups in total. The van der Waals surface area contributed by atoms with Crippen LogP contribution in [0.2, 0.25) is 0 Å². The van der Waals surface area contributed by atoms with Crippen LogP contribution in [0.25, 0.3) is 0 Å². The van der Waals surface area contributed by atoms with E-state index in [4.69, 9.17) is 9.84 Å². The third kappa shape index (κ3) is 2.18. The van der Waals surface area contributed by atoms with E-state index in [9.17, 15) is 4.79 Å². The van der Waals surface area contributed by atoms with Gasteiger partial charge in [0.2, 0.25) is 5.54 Å². The van der Waals surface area contributed by atoms with Crippen LogP contribution in [0.1, 0.15) is 12.5 Å². The van der Waals surface area contributed by atoms with Gasteiger partial charge < -0.3 is 14.7 Å². The third-order valence-corrected chi connectivity index (χ3v) is 3.36. The van der Waals surface area contributed by atoms with Crippen LogP contribution in [0.3, 0.4) is 0 Å². The van der Waals surface area contributed by atoms with Gasteiger partial charge in [-0.2, -0.15) is 0 Å². The van der Waals surface area contributed by atoms with E-state index < -0.39 is 5.54 Å². The number of benzene rings is 1. The van der Waals surface area contributed by atoms with E-state index in [-0.39, 0.29) is 12.6 Å². The predicted octanol–water partition coefficient (Wildman–Crippen LogP) is 0.976. The average molecular weight is 259 g/mol. The Kier molecular flexibility index (Phi) is 3.77. The Hall–Kier alpha value is -1.99. The lowest BCUT2D eigenvalue weighted by atomic mass is 9.95. The molecular weight excluding hydrogens is 242 g/mol. The Morgan fingerprint density at radius 3 is 2.89 bits per heavy atom. The first kappa shape index (κ1) is 13.4. The lowest BCUT2D eigenvalue weighted by Gasteiger charge is -2.30. The molecule has 0 saturated carbocycles. The van der Waals surface area contributed by atoms with Gasteiger partial charge in [-0.05, 0) is 18.6 Å². The minimum Gasteiger partial charge on any atom is -0.463 e. The second kappa shape index (κ2) is 5.33. The van der Waals surface area contributed by atoms with Crippen molar-refractivity contribution in [2.45, 2.75) is 18.9 Å². The van der Waals surface area contributed by atoms with Crippen molar-refractivity contribution in [1.29, 1.82) is 0 Å². The maximum absolute atomic E-state index is 12.3. The minimum atomic E-state index is -1.03. The molecule has 1 aliphatic heterocycles. The first-order valence-corrected chi connectivity index (χ1v) is 6.25. The number of hydrogen-bond donors (Lipinski definition) is 1. The number of carbonyl (C=O) groups is 1. The summed E-state index contributed by atoms with van der Waals surface area (Å²) >= 11 is 0. The van der Waals surface area contributed by atoms with Gasteiger partial charge in [0, 0.05) is 19.2 Å². The molecule has 0 fully saturated rings. The summed E-state index contributed by atoms with van der Waals surface area (Å²) in [5, 5.41) is 8.91. The van der Waals surface area contributed by atoms with Crippen molar-refractivity contribution in [2.24, 2.45) is 0 Å². The zero-order valence-corrected chi connectivity index (χ0v) is 11.1. The number of hydrogen-bond acceptors (Lipinski definition) is 4. The van der Waals surface area contributed by atoms with E-state index in [2.05, 4.69) is 11.8 Å². The Balaban J connectivity index is 2.45. The Morgan fingerprint density at radius 2 is 2.26 bits per heavy atom. The zero-order chi connectivity index (χ0) is 13.9. The molecular formula is C15H17NO3. The fourth-order valence-electron chi connectivity index (χ4n) is 2.41. The van der Waals surface area contributed by atoms with Crippen LogP contribution >= 0.6 is 0 Å². The van der Waals surface area contributed by atoms with Gasteiger partial charge in [0.15, 0.2) is 0 Å². The summed E-state index contributed by atoms with van der Waals surface area (Å²) in [7, 11) is 1.83. The number of para-hydroxylation sites is 1. The summed E-state index contributed by atoms with van der Waals surface area (Å²) in [6.45, 7) is 1.81. The fourth-order valence-corrected chi connectivity index (χ4v) is 2.41. The highest BCUT2D eigenvalue weighted by molar-refractivity contribution is 5.93. The van der Waals surface area contributed by atoms with E-state index in [1.165, 1.54) is 0 Å². The molecule has 1 unspecified atom stereocenters. The number of likely N-dealkylation sites (N-methyl/N-ethyl adjacent to an activating group) is 1. The normalized spacial score (nSPS) is 20.5. The number of aliphatic hydroxyl groups is 1. The van der Waals surface area contributed by atoms with Gasteiger partial charge in [-0.25, -0.2) is 4.79 Å². The lowest BCUT2D eigenvalue weighted by molar-refractivity contribution is -0.147. The second-order valence-electron chi connectivity index (χ2n) is 4.41. The first-order chi connectivity index (χ1) is 9.15. The van der Waals surface area contributed by atoms with Crippen LogP contribution in [0.4, 0.5) is 5.69 Å². The molecule has 1 atom stereocenters. The second-order valence-corrected chi connectivity index (χ2v) is 4.41. The molecule has 4 heteroatoms. The van der Waals surface area contributed by atoms with Crippen LogP contribution in [0, 0.1) is 11.8 Å². The van der Waals surface area contributed by atoms with Crippen LogP contribution in [0.5, 0.6) is 0 Å². The van der Waals surface area contributed by atoms with Gasteiger partial charge in [-0.3, -0.25) is 0 Å². The van der Waals surface area contributed by atoms with Gasteiger partial charge in [-0.1, -0.05) is 30.0 Å². The van der Waals surface area contributed by atoms with Crippen LogP contribution < -0.4 is 4.90 Å². The third-order valence-electron chi connectivity index (χ3n) is 3.36. The monoisotopic (exact) mass is 259 g/mol. The molecule has 0 bridgehead atoms. The molecule has 0 radical (unpaired) electrons. The number of anilines is 1. The molecule has 100 valence electrons. The molecule has 19 heavy (non-hydrogen) atoms. The highest BCUT2D eigenvalue weighted by Gasteiger charge is 2.48. The van der Waals surface area contributed by atoms with Gasteiger partial charge in [0.1, 0.15) is 6.61 Å². The number of carbonyl (C=O) groups excluding carboxylic acids is 1. The number of aliphatic hydroxyl groups excluding tert-OH is 1. The molecule has 4 nitrogen and oxygen atoms in total. The molecule has 0 aliphatic carbocycles. The van der Waals surface area contributed by atoms with Crippen LogP contribution in [-0.4, -0.2) is 36.9 Å². The molecule has 0 spiro atoms. The summed E-state index contributed by atoms with van der Waals surface area (Å²) in [6, 6.07) is 7.80.